The van der Waals surface area contributed by atoms with Crippen molar-refractivity contribution in [1.82, 2.24) is 25.2 Å². The Hall–Kier alpha value is -3.27. The Morgan fingerprint density at radius 2 is 1.88 bits per heavy atom. The van der Waals surface area contributed by atoms with Gasteiger partial charge in [0.15, 0.2) is 5.69 Å². The normalized spacial score (nSPS) is 19.5. The first kappa shape index (κ1) is 23.4. The highest BCUT2D eigenvalue weighted by Gasteiger charge is 2.45. The molecule has 10 nitrogen and oxygen atoms in total. The zero-order valence-corrected chi connectivity index (χ0v) is 18.9. The molecule has 1 fully saturated rings. The molecule has 0 saturated carbocycles. The van der Waals surface area contributed by atoms with Gasteiger partial charge >= 0.3 is 0 Å². The number of methoxy groups -OCH3 is 1. The highest BCUT2D eigenvalue weighted by atomic mass is 16.5. The number of aromatic nitrogens is 3. The SMILES string of the molecule is CNC(=O)C1CC(O)CN1C(=O)[C@@H](n1cc(C(=O)c2ccc(OC)cc2)nn1)C(C)(C)C. The number of nitrogens with one attached hydrogen (secondary N) is 1. The molecule has 2 amide bonds. The van der Waals surface area contributed by atoms with Crippen molar-refractivity contribution in [3.63, 3.8) is 0 Å². The minimum Gasteiger partial charge on any atom is -0.497 e. The summed E-state index contributed by atoms with van der Waals surface area (Å²) in [5, 5.41) is 20.7. The summed E-state index contributed by atoms with van der Waals surface area (Å²) in [7, 11) is 3.03. The van der Waals surface area contributed by atoms with Crippen LogP contribution in [0.3, 0.4) is 0 Å². The molecule has 2 N–H and O–H groups in total. The second-order valence-electron chi connectivity index (χ2n) is 8.92. The van der Waals surface area contributed by atoms with Crippen LogP contribution in [0.5, 0.6) is 5.75 Å². The second kappa shape index (κ2) is 9.07. The maximum absolute atomic E-state index is 13.5. The topological polar surface area (TPSA) is 127 Å². The molecule has 3 rings (SSSR count). The molecule has 0 radical (unpaired) electrons. The minimum atomic E-state index is -0.829. The van der Waals surface area contributed by atoms with Crippen LogP contribution < -0.4 is 10.1 Å². The fourth-order valence-electron chi connectivity index (χ4n) is 3.91. The van der Waals surface area contributed by atoms with Gasteiger partial charge in [0.2, 0.25) is 17.6 Å². The van der Waals surface area contributed by atoms with E-state index in [0.29, 0.717) is 11.3 Å². The van der Waals surface area contributed by atoms with Crippen LogP contribution in [0.4, 0.5) is 0 Å². The number of likely N-dealkylation sites (N-methyl/N-ethyl adjacent to an activating group) is 1. The third-order valence-corrected chi connectivity index (χ3v) is 5.53. The van der Waals surface area contributed by atoms with Crippen molar-refractivity contribution in [2.24, 2.45) is 5.41 Å². The first-order valence-electron chi connectivity index (χ1n) is 10.4. The molecule has 1 aromatic carbocycles. The van der Waals surface area contributed by atoms with Crippen LogP contribution in [0.25, 0.3) is 0 Å². The summed E-state index contributed by atoms with van der Waals surface area (Å²) in [5.41, 5.74) is -0.0909. The zero-order valence-electron chi connectivity index (χ0n) is 18.9. The predicted octanol–water partition coefficient (Wildman–Crippen LogP) is 0.813. The van der Waals surface area contributed by atoms with E-state index in [4.69, 9.17) is 4.74 Å². The van der Waals surface area contributed by atoms with Gasteiger partial charge in [-0.1, -0.05) is 26.0 Å². The fraction of sp³-hybridized carbons (Fsp3) is 0.500. The number of nitrogens with zero attached hydrogens (tertiary/aromatic N) is 4. The van der Waals surface area contributed by atoms with Gasteiger partial charge in [-0.05, 0) is 29.7 Å². The molecule has 1 aliphatic rings. The third-order valence-electron chi connectivity index (χ3n) is 5.53. The number of amides is 2. The molecular weight excluding hydrogens is 414 g/mol. The summed E-state index contributed by atoms with van der Waals surface area (Å²) in [6.07, 6.45) is 0.827. The number of β-amino-alcohol motifs (C(OH)–C–C–N with tert-alkyl or cyclic N) is 1. The highest BCUT2D eigenvalue weighted by Crippen LogP contribution is 2.34. The molecule has 2 unspecified atom stereocenters. The molecule has 0 aliphatic carbocycles. The van der Waals surface area contributed by atoms with E-state index in [9.17, 15) is 19.5 Å². The van der Waals surface area contributed by atoms with Gasteiger partial charge in [0, 0.05) is 25.6 Å². The predicted molar refractivity (Wildman–Crippen MR) is 115 cm³/mol. The van der Waals surface area contributed by atoms with E-state index in [1.165, 1.54) is 22.8 Å². The van der Waals surface area contributed by atoms with Crippen molar-refractivity contribution in [2.75, 3.05) is 20.7 Å². The molecule has 1 aliphatic heterocycles. The van der Waals surface area contributed by atoms with Crippen LogP contribution >= 0.6 is 0 Å². The zero-order chi connectivity index (χ0) is 23.6. The van der Waals surface area contributed by atoms with Crippen molar-refractivity contribution in [1.29, 1.82) is 0 Å². The molecule has 172 valence electrons. The van der Waals surface area contributed by atoms with Crippen molar-refractivity contribution in [2.45, 2.75) is 45.4 Å². The van der Waals surface area contributed by atoms with Gasteiger partial charge in [0.25, 0.3) is 0 Å². The lowest BCUT2D eigenvalue weighted by molar-refractivity contribution is -0.144. The van der Waals surface area contributed by atoms with Gasteiger partial charge < -0.3 is 20.1 Å². The maximum atomic E-state index is 13.5. The molecule has 2 heterocycles. The van der Waals surface area contributed by atoms with Crippen LogP contribution in [-0.2, 0) is 9.59 Å². The average molecular weight is 444 g/mol. The molecule has 32 heavy (non-hydrogen) atoms. The number of aliphatic hydroxyl groups excluding tert-OH is 1. The largest absolute Gasteiger partial charge is 0.497 e. The van der Waals surface area contributed by atoms with E-state index in [1.807, 2.05) is 20.8 Å². The van der Waals surface area contributed by atoms with E-state index < -0.39 is 23.6 Å². The summed E-state index contributed by atoms with van der Waals surface area (Å²) in [6.45, 7) is 5.65. The molecule has 0 spiro atoms. The van der Waals surface area contributed by atoms with E-state index in [-0.39, 0.29) is 36.3 Å². The first-order chi connectivity index (χ1) is 15.1. The smallest absolute Gasteiger partial charge is 0.248 e. The number of hydrogen-bond donors (Lipinski definition) is 2. The second-order valence-corrected chi connectivity index (χ2v) is 8.92. The number of aliphatic hydroxyl groups is 1. The van der Waals surface area contributed by atoms with Gasteiger partial charge in [-0.2, -0.15) is 0 Å². The molecule has 10 heteroatoms. The molecule has 1 aromatic heterocycles. The third kappa shape index (κ3) is 4.64. The average Bonchev–Trinajstić information content (AvgIpc) is 3.38. The number of benzene rings is 1. The van der Waals surface area contributed by atoms with Gasteiger partial charge in [0.1, 0.15) is 17.8 Å². The Morgan fingerprint density at radius 1 is 1.22 bits per heavy atom. The summed E-state index contributed by atoms with van der Waals surface area (Å²) in [5.74, 6) is -0.409. The Balaban J connectivity index is 1.90. The Labute approximate surface area is 186 Å². The fourth-order valence-corrected chi connectivity index (χ4v) is 3.91. The van der Waals surface area contributed by atoms with Crippen molar-refractivity contribution < 1.29 is 24.2 Å². The Bertz CT molecular complexity index is 995. The van der Waals surface area contributed by atoms with E-state index in [2.05, 4.69) is 15.6 Å². The molecular formula is C22H29N5O5. The number of hydrogen-bond acceptors (Lipinski definition) is 7. The number of ketones is 1. The van der Waals surface area contributed by atoms with Gasteiger partial charge in [-0.3, -0.25) is 14.4 Å². The maximum Gasteiger partial charge on any atom is 0.248 e. The summed E-state index contributed by atoms with van der Waals surface area (Å²) < 4.78 is 6.48. The summed E-state index contributed by atoms with van der Waals surface area (Å²) in [6, 6.07) is 5.02. The number of carbonyl (C=O) groups is 3. The lowest BCUT2D eigenvalue weighted by Crippen LogP contribution is -2.49. The van der Waals surface area contributed by atoms with Crippen LogP contribution in [0, 0.1) is 5.41 Å². The van der Waals surface area contributed by atoms with E-state index in [0.717, 1.165) is 0 Å². The standard InChI is InChI=1S/C22H29N5O5/c1-22(2,3)19(21(31)26-11-14(28)10-17(26)20(30)23-4)27-12-16(24-25-27)18(29)13-6-8-15(32-5)9-7-13/h6-9,12,14,17,19,28H,10-11H2,1-5H3,(H,23,30)/t14?,17?,19-/m1/s1. The number of ether oxygens (including phenoxy) is 1. The lowest BCUT2D eigenvalue weighted by Gasteiger charge is -2.34. The van der Waals surface area contributed by atoms with E-state index >= 15 is 0 Å². The van der Waals surface area contributed by atoms with E-state index in [1.54, 1.807) is 31.4 Å². The first-order valence-corrected chi connectivity index (χ1v) is 10.4. The molecule has 3 atom stereocenters. The molecule has 0 bridgehead atoms. The van der Waals surface area contributed by atoms with Crippen molar-refractivity contribution in [3.8, 4) is 5.75 Å². The van der Waals surface area contributed by atoms with Crippen LogP contribution in [0.1, 0.15) is 49.3 Å². The number of rotatable bonds is 6. The number of likely N-dealkylation sites (tertiary alicyclic amines) is 1. The van der Waals surface area contributed by atoms with Crippen LogP contribution in [0.15, 0.2) is 30.5 Å². The molecule has 2 aromatic rings. The van der Waals surface area contributed by atoms with Gasteiger partial charge in [0.05, 0.1) is 19.4 Å². The van der Waals surface area contributed by atoms with Crippen molar-refractivity contribution >= 4 is 17.6 Å². The summed E-state index contributed by atoms with van der Waals surface area (Å²) in [4.78, 5) is 40.0. The minimum absolute atomic E-state index is 0.0514. The Morgan fingerprint density at radius 3 is 2.44 bits per heavy atom. The number of carbonyl (C=O) groups excluding carboxylic acids is 3. The van der Waals surface area contributed by atoms with Gasteiger partial charge in [-0.15, -0.1) is 5.10 Å². The molecule has 1 saturated heterocycles. The van der Waals surface area contributed by atoms with Gasteiger partial charge in [-0.25, -0.2) is 4.68 Å². The monoisotopic (exact) mass is 443 g/mol. The van der Waals surface area contributed by atoms with Crippen LogP contribution in [0.2, 0.25) is 0 Å². The quantitative estimate of drug-likeness (QED) is 0.633. The highest BCUT2D eigenvalue weighted by molar-refractivity contribution is 6.07. The van der Waals surface area contributed by atoms with Crippen molar-refractivity contribution in [3.05, 3.63) is 41.7 Å². The Kier molecular flexibility index (Phi) is 6.63. The van der Waals surface area contributed by atoms with Crippen LogP contribution in [-0.4, -0.2) is 75.4 Å². The lowest BCUT2D eigenvalue weighted by atomic mass is 9.85. The summed E-state index contributed by atoms with van der Waals surface area (Å²) >= 11 is 0.